The minimum atomic E-state index is -0.245. The van der Waals surface area contributed by atoms with E-state index in [1.807, 2.05) is 31.2 Å². The summed E-state index contributed by atoms with van der Waals surface area (Å²) >= 11 is 0. The van der Waals surface area contributed by atoms with Crippen molar-refractivity contribution in [2.45, 2.75) is 6.92 Å². The summed E-state index contributed by atoms with van der Waals surface area (Å²) in [5, 5.41) is 0. The van der Waals surface area contributed by atoms with Gasteiger partial charge in [0.25, 0.3) is 0 Å². The highest BCUT2D eigenvalue weighted by atomic mass is 16.1. The molecule has 0 unspecified atom stereocenters. The van der Waals surface area contributed by atoms with E-state index in [1.54, 1.807) is 12.3 Å². The van der Waals surface area contributed by atoms with Crippen LogP contribution in [0, 0.1) is 6.92 Å². The molecule has 1 heterocycles. The van der Waals surface area contributed by atoms with E-state index in [-0.39, 0.29) is 11.0 Å². The molecule has 2 nitrogen and oxygen atoms in total. The van der Waals surface area contributed by atoms with Crippen LogP contribution in [-0.2, 0) is 0 Å². The summed E-state index contributed by atoms with van der Waals surface area (Å²) < 4.78 is 0. The van der Waals surface area contributed by atoms with E-state index in [9.17, 15) is 4.79 Å². The Labute approximate surface area is 89.4 Å². The molecular weight excluding hydrogens is 185 g/mol. The van der Waals surface area contributed by atoms with Gasteiger partial charge in [0.1, 0.15) is 7.85 Å². The lowest BCUT2D eigenvalue weighted by Gasteiger charge is -2.02. The number of benzene rings is 1. The summed E-state index contributed by atoms with van der Waals surface area (Å²) in [7, 11) is 5.54. The molecule has 0 atom stereocenters. The van der Waals surface area contributed by atoms with Gasteiger partial charge in [-0.3, -0.25) is 4.79 Å². The van der Waals surface area contributed by atoms with Crippen molar-refractivity contribution in [1.82, 2.24) is 4.98 Å². The fourth-order valence-corrected chi connectivity index (χ4v) is 1.41. The number of nitrogens with one attached hydrogen (secondary N) is 1. The van der Waals surface area contributed by atoms with Gasteiger partial charge in [0.05, 0.1) is 0 Å². The van der Waals surface area contributed by atoms with Crippen molar-refractivity contribution in [3.05, 3.63) is 52.4 Å². The van der Waals surface area contributed by atoms with Gasteiger partial charge in [-0.05, 0) is 23.5 Å². The predicted octanol–water partition coefficient (Wildman–Crippen LogP) is 1.14. The Morgan fingerprint density at radius 2 is 1.80 bits per heavy atom. The monoisotopic (exact) mass is 195 g/mol. The third kappa shape index (κ3) is 2.01. The van der Waals surface area contributed by atoms with Crippen LogP contribution in [-0.4, -0.2) is 12.8 Å². The quantitative estimate of drug-likeness (QED) is 0.680. The van der Waals surface area contributed by atoms with Crippen LogP contribution >= 0.6 is 0 Å². The van der Waals surface area contributed by atoms with E-state index < -0.39 is 0 Å². The average molecular weight is 195 g/mol. The minimum Gasteiger partial charge on any atom is -0.329 e. The second-order valence-electron chi connectivity index (χ2n) is 3.54. The summed E-state index contributed by atoms with van der Waals surface area (Å²) in [5.41, 5.74) is 3.17. The number of hydrogen-bond acceptors (Lipinski definition) is 1. The van der Waals surface area contributed by atoms with Crippen LogP contribution in [0.3, 0.4) is 0 Å². The molecule has 0 bridgehead atoms. The van der Waals surface area contributed by atoms with Crippen molar-refractivity contribution in [1.29, 1.82) is 0 Å². The first-order valence-electron chi connectivity index (χ1n) is 4.72. The number of aryl methyl sites for hydroxylation is 1. The molecule has 3 heteroatoms. The second kappa shape index (κ2) is 3.77. The zero-order valence-corrected chi connectivity index (χ0v) is 8.45. The zero-order chi connectivity index (χ0) is 10.8. The number of aromatic nitrogens is 1. The lowest BCUT2D eigenvalue weighted by molar-refractivity contribution is 1.26. The lowest BCUT2D eigenvalue weighted by atomic mass is 9.94. The highest BCUT2D eigenvalue weighted by Gasteiger charge is 1.99. The molecule has 1 aromatic carbocycles. The van der Waals surface area contributed by atoms with Gasteiger partial charge in [0.2, 0.25) is 5.56 Å². The van der Waals surface area contributed by atoms with Crippen LogP contribution in [0.2, 0.25) is 0 Å². The summed E-state index contributed by atoms with van der Waals surface area (Å²) in [6, 6.07) is 9.74. The van der Waals surface area contributed by atoms with E-state index in [0.29, 0.717) is 0 Å². The van der Waals surface area contributed by atoms with Crippen LogP contribution in [0.15, 0.2) is 41.3 Å². The molecule has 1 N–H and O–H groups in total. The van der Waals surface area contributed by atoms with Crippen LogP contribution < -0.4 is 11.0 Å². The maximum atomic E-state index is 11.1. The minimum absolute atomic E-state index is 0.244. The topological polar surface area (TPSA) is 32.9 Å². The Hall–Kier alpha value is -1.77. The molecule has 1 aromatic heterocycles. The normalized spacial score (nSPS) is 10.2. The van der Waals surface area contributed by atoms with Crippen LogP contribution in [0.25, 0.3) is 11.1 Å². The van der Waals surface area contributed by atoms with Crippen molar-refractivity contribution in [2.24, 2.45) is 0 Å². The van der Waals surface area contributed by atoms with E-state index in [4.69, 9.17) is 7.85 Å². The molecule has 0 fully saturated rings. The van der Waals surface area contributed by atoms with Crippen LogP contribution in [0.4, 0.5) is 0 Å². The number of aromatic amines is 1. The molecule has 15 heavy (non-hydrogen) atoms. The van der Waals surface area contributed by atoms with Gasteiger partial charge in [-0.1, -0.05) is 35.9 Å². The fraction of sp³-hybridized carbons (Fsp3) is 0.0833. The Morgan fingerprint density at radius 3 is 2.40 bits per heavy atom. The molecule has 0 amide bonds. The van der Waals surface area contributed by atoms with Crippen molar-refractivity contribution in [3.63, 3.8) is 0 Å². The van der Waals surface area contributed by atoms with E-state index in [2.05, 4.69) is 4.98 Å². The van der Waals surface area contributed by atoms with Crippen molar-refractivity contribution < 1.29 is 0 Å². The first-order valence-corrected chi connectivity index (χ1v) is 4.72. The third-order valence-electron chi connectivity index (χ3n) is 2.32. The van der Waals surface area contributed by atoms with Gasteiger partial charge < -0.3 is 4.98 Å². The van der Waals surface area contributed by atoms with Gasteiger partial charge in [0.15, 0.2) is 0 Å². The number of pyridine rings is 1. The van der Waals surface area contributed by atoms with Crippen molar-refractivity contribution in [3.8, 4) is 11.1 Å². The highest BCUT2D eigenvalue weighted by molar-refractivity contribution is 6.32. The molecule has 0 saturated carbocycles. The first kappa shape index (κ1) is 9.78. The smallest absolute Gasteiger partial charge is 0.240 e. The summed E-state index contributed by atoms with van der Waals surface area (Å²) in [5.74, 6) is 0. The molecule has 2 radical (unpaired) electrons. The molecular formula is C12H10BNO. The average Bonchev–Trinajstić information content (AvgIpc) is 2.23. The molecule has 72 valence electrons. The molecule has 2 rings (SSSR count). The molecule has 2 aromatic rings. The highest BCUT2D eigenvalue weighted by Crippen LogP contribution is 2.16. The van der Waals surface area contributed by atoms with E-state index in [0.717, 1.165) is 11.1 Å². The maximum Gasteiger partial charge on any atom is 0.240 e. The fourth-order valence-electron chi connectivity index (χ4n) is 1.41. The third-order valence-corrected chi connectivity index (χ3v) is 2.32. The van der Waals surface area contributed by atoms with Gasteiger partial charge >= 0.3 is 0 Å². The second-order valence-corrected chi connectivity index (χ2v) is 3.54. The maximum absolute atomic E-state index is 11.1. The number of H-pyrrole nitrogens is 1. The summed E-state index contributed by atoms with van der Waals surface area (Å²) in [4.78, 5) is 13.7. The van der Waals surface area contributed by atoms with E-state index in [1.165, 1.54) is 5.56 Å². The Morgan fingerprint density at radius 1 is 1.13 bits per heavy atom. The Balaban J connectivity index is 2.50. The lowest BCUT2D eigenvalue weighted by Crippen LogP contribution is -2.26. The SMILES string of the molecule is [B]c1cc(-c2ccc(C)cc2)c[nH]c1=O. The summed E-state index contributed by atoms with van der Waals surface area (Å²) in [6.07, 6.45) is 1.67. The van der Waals surface area contributed by atoms with Gasteiger partial charge in [-0.15, -0.1) is 0 Å². The van der Waals surface area contributed by atoms with Gasteiger partial charge in [-0.25, -0.2) is 0 Å². The van der Waals surface area contributed by atoms with Crippen LogP contribution in [0.5, 0.6) is 0 Å². The standard InChI is InChI=1S/C12H10BNO/c1-8-2-4-9(5-3-8)10-6-11(13)12(15)14-7-10/h2-7H,1H3,(H,14,15). The predicted molar refractivity (Wildman–Crippen MR) is 62.6 cm³/mol. The Bertz CT molecular complexity index is 528. The van der Waals surface area contributed by atoms with E-state index >= 15 is 0 Å². The zero-order valence-electron chi connectivity index (χ0n) is 8.45. The summed E-state index contributed by atoms with van der Waals surface area (Å²) in [6.45, 7) is 2.03. The largest absolute Gasteiger partial charge is 0.329 e. The Kier molecular flexibility index (Phi) is 2.46. The molecule has 0 aliphatic rings. The van der Waals surface area contributed by atoms with Crippen LogP contribution in [0.1, 0.15) is 5.56 Å². The van der Waals surface area contributed by atoms with Crippen molar-refractivity contribution >= 4 is 13.3 Å². The molecule has 0 aliphatic carbocycles. The number of rotatable bonds is 1. The van der Waals surface area contributed by atoms with Gasteiger partial charge in [0, 0.05) is 6.20 Å². The van der Waals surface area contributed by atoms with Gasteiger partial charge in [-0.2, -0.15) is 0 Å². The molecule has 0 aliphatic heterocycles. The molecule has 0 saturated heterocycles. The van der Waals surface area contributed by atoms with Crippen molar-refractivity contribution in [2.75, 3.05) is 0 Å². The molecule has 0 spiro atoms. The number of hydrogen-bond donors (Lipinski definition) is 1. The first-order chi connectivity index (χ1) is 7.16.